The van der Waals surface area contributed by atoms with Crippen LogP contribution in [0, 0.1) is 5.92 Å². The van der Waals surface area contributed by atoms with Gasteiger partial charge in [-0.2, -0.15) is 0 Å². The van der Waals surface area contributed by atoms with Crippen LogP contribution in [0.15, 0.2) is 0 Å². The summed E-state index contributed by atoms with van der Waals surface area (Å²) in [6, 6.07) is 4.04. The van der Waals surface area contributed by atoms with Crippen molar-refractivity contribution in [1.29, 1.82) is 0 Å². The minimum absolute atomic E-state index is 0.776. The van der Waals surface area contributed by atoms with Gasteiger partial charge in [0.2, 0.25) is 0 Å². The summed E-state index contributed by atoms with van der Waals surface area (Å²) in [5.41, 5.74) is 0. The smallest absolute Gasteiger partial charge is 0.0102 e. The summed E-state index contributed by atoms with van der Waals surface area (Å²) >= 11 is 0. The Morgan fingerprint density at radius 3 is 2.08 bits per heavy atom. The molecule has 2 saturated carbocycles. The lowest BCUT2D eigenvalue weighted by molar-refractivity contribution is 0.131. The van der Waals surface area contributed by atoms with Crippen LogP contribution < -0.4 is 10.6 Å². The number of piperidine rings is 2. The van der Waals surface area contributed by atoms with Gasteiger partial charge in [0.15, 0.2) is 0 Å². The standard InChI is InChI=1S/C22H42N4/c1-3-25-11-7-21(8-12-25)24-22-16-18(22)15-17(2)26-13-9-20(10-14-26)23-19-5-4-6-19/h17-24H,3-16H2,1-2H3. The Balaban J connectivity index is 1.10. The molecule has 2 N–H and O–H groups in total. The first-order chi connectivity index (χ1) is 12.7. The first-order valence-corrected chi connectivity index (χ1v) is 11.7. The van der Waals surface area contributed by atoms with Crippen LogP contribution in [-0.4, -0.2) is 72.7 Å². The lowest BCUT2D eigenvalue weighted by atomic mass is 9.91. The van der Waals surface area contributed by atoms with Gasteiger partial charge in [-0.25, -0.2) is 0 Å². The summed E-state index contributed by atoms with van der Waals surface area (Å²) in [5, 5.41) is 7.87. The van der Waals surface area contributed by atoms with Crippen LogP contribution in [0.5, 0.6) is 0 Å². The van der Waals surface area contributed by atoms with Crippen molar-refractivity contribution in [2.24, 2.45) is 5.92 Å². The summed E-state index contributed by atoms with van der Waals surface area (Å²) in [6.45, 7) is 11.2. The van der Waals surface area contributed by atoms with E-state index in [0.29, 0.717) is 0 Å². The minimum atomic E-state index is 0.776. The van der Waals surface area contributed by atoms with Gasteiger partial charge in [0, 0.05) is 30.2 Å². The van der Waals surface area contributed by atoms with Gasteiger partial charge < -0.3 is 20.4 Å². The molecule has 0 spiro atoms. The molecule has 0 aromatic carbocycles. The molecule has 4 fully saturated rings. The van der Waals surface area contributed by atoms with Crippen molar-refractivity contribution in [2.75, 3.05) is 32.7 Å². The Labute approximate surface area is 161 Å². The normalized spacial score (nSPS) is 33.9. The predicted molar refractivity (Wildman–Crippen MR) is 110 cm³/mol. The Bertz CT molecular complexity index is 422. The second-order valence-corrected chi connectivity index (χ2v) is 9.67. The first kappa shape index (κ1) is 19.2. The maximum atomic E-state index is 3.98. The molecule has 26 heavy (non-hydrogen) atoms. The lowest BCUT2D eigenvalue weighted by Gasteiger charge is -2.39. The minimum Gasteiger partial charge on any atom is -0.311 e. The van der Waals surface area contributed by atoms with E-state index in [0.717, 1.165) is 36.1 Å². The monoisotopic (exact) mass is 362 g/mol. The highest BCUT2D eigenvalue weighted by molar-refractivity contribution is 4.98. The molecule has 0 aromatic rings. The third kappa shape index (κ3) is 5.01. The molecule has 0 aromatic heterocycles. The van der Waals surface area contributed by atoms with Crippen molar-refractivity contribution >= 4 is 0 Å². The number of hydrogen-bond donors (Lipinski definition) is 2. The van der Waals surface area contributed by atoms with E-state index in [9.17, 15) is 0 Å². The maximum absolute atomic E-state index is 3.98. The zero-order chi connectivity index (χ0) is 17.9. The van der Waals surface area contributed by atoms with Crippen molar-refractivity contribution in [3.8, 4) is 0 Å². The van der Waals surface area contributed by atoms with Gasteiger partial charge in [-0.15, -0.1) is 0 Å². The number of likely N-dealkylation sites (tertiary alicyclic amines) is 2. The van der Waals surface area contributed by atoms with E-state index in [1.165, 1.54) is 90.5 Å². The fourth-order valence-corrected chi connectivity index (χ4v) is 5.43. The van der Waals surface area contributed by atoms with Gasteiger partial charge in [-0.05, 0) is 96.9 Å². The topological polar surface area (TPSA) is 30.5 Å². The van der Waals surface area contributed by atoms with E-state index in [1.807, 2.05) is 0 Å². The Morgan fingerprint density at radius 1 is 0.846 bits per heavy atom. The number of nitrogens with zero attached hydrogens (tertiary/aromatic N) is 2. The second kappa shape index (κ2) is 8.89. The molecular weight excluding hydrogens is 320 g/mol. The van der Waals surface area contributed by atoms with Crippen molar-refractivity contribution in [3.05, 3.63) is 0 Å². The van der Waals surface area contributed by atoms with Gasteiger partial charge in [0.1, 0.15) is 0 Å². The average Bonchev–Trinajstić information content (AvgIpc) is 3.36. The molecule has 2 aliphatic carbocycles. The number of rotatable bonds is 8. The van der Waals surface area contributed by atoms with Crippen molar-refractivity contribution in [3.63, 3.8) is 0 Å². The molecule has 0 amide bonds. The number of nitrogens with one attached hydrogen (secondary N) is 2. The van der Waals surface area contributed by atoms with Gasteiger partial charge in [0.25, 0.3) is 0 Å². The number of hydrogen-bond acceptors (Lipinski definition) is 4. The molecule has 2 saturated heterocycles. The van der Waals surface area contributed by atoms with Crippen LogP contribution in [0.2, 0.25) is 0 Å². The summed E-state index contributed by atoms with van der Waals surface area (Å²) in [6.07, 6.45) is 12.6. The molecule has 4 nitrogen and oxygen atoms in total. The third-order valence-corrected chi connectivity index (χ3v) is 7.78. The molecule has 4 heteroatoms. The zero-order valence-electron chi connectivity index (χ0n) is 17.3. The van der Waals surface area contributed by atoms with Crippen LogP contribution in [0.4, 0.5) is 0 Å². The van der Waals surface area contributed by atoms with Gasteiger partial charge in [-0.1, -0.05) is 13.3 Å². The maximum Gasteiger partial charge on any atom is 0.0102 e. The SMILES string of the molecule is CCN1CCC(NC2CC2CC(C)N2CCC(NC3CCC3)CC2)CC1. The van der Waals surface area contributed by atoms with E-state index >= 15 is 0 Å². The van der Waals surface area contributed by atoms with Crippen LogP contribution >= 0.6 is 0 Å². The highest BCUT2D eigenvalue weighted by atomic mass is 15.2. The van der Waals surface area contributed by atoms with Gasteiger partial charge in [0.05, 0.1) is 0 Å². The largest absolute Gasteiger partial charge is 0.311 e. The Kier molecular flexibility index (Phi) is 6.56. The lowest BCUT2D eigenvalue weighted by Crippen LogP contribution is -2.50. The fourth-order valence-electron chi connectivity index (χ4n) is 5.43. The predicted octanol–water partition coefficient (Wildman–Crippen LogP) is 2.83. The highest BCUT2D eigenvalue weighted by Gasteiger charge is 2.40. The van der Waals surface area contributed by atoms with Gasteiger partial charge in [-0.3, -0.25) is 0 Å². The Hall–Kier alpha value is -0.160. The molecule has 0 bridgehead atoms. The van der Waals surface area contributed by atoms with Crippen LogP contribution in [0.1, 0.15) is 71.6 Å². The summed E-state index contributed by atoms with van der Waals surface area (Å²) < 4.78 is 0. The first-order valence-electron chi connectivity index (χ1n) is 11.7. The van der Waals surface area contributed by atoms with E-state index in [-0.39, 0.29) is 0 Å². The van der Waals surface area contributed by atoms with Crippen LogP contribution in [-0.2, 0) is 0 Å². The van der Waals surface area contributed by atoms with Crippen molar-refractivity contribution < 1.29 is 0 Å². The molecule has 4 aliphatic rings. The molecule has 150 valence electrons. The van der Waals surface area contributed by atoms with E-state index in [4.69, 9.17) is 0 Å². The van der Waals surface area contributed by atoms with Crippen molar-refractivity contribution in [2.45, 2.75) is 102 Å². The van der Waals surface area contributed by atoms with Gasteiger partial charge >= 0.3 is 0 Å². The zero-order valence-corrected chi connectivity index (χ0v) is 17.3. The average molecular weight is 363 g/mol. The van der Waals surface area contributed by atoms with Crippen molar-refractivity contribution in [1.82, 2.24) is 20.4 Å². The molecular formula is C22H42N4. The Morgan fingerprint density at radius 2 is 1.46 bits per heavy atom. The molecule has 3 unspecified atom stereocenters. The van der Waals surface area contributed by atoms with Crippen LogP contribution in [0.25, 0.3) is 0 Å². The third-order valence-electron chi connectivity index (χ3n) is 7.78. The van der Waals surface area contributed by atoms with E-state index < -0.39 is 0 Å². The van der Waals surface area contributed by atoms with E-state index in [1.54, 1.807) is 0 Å². The molecule has 2 heterocycles. The second-order valence-electron chi connectivity index (χ2n) is 9.67. The molecule has 4 rings (SSSR count). The van der Waals surface area contributed by atoms with Crippen LogP contribution in [0.3, 0.4) is 0 Å². The summed E-state index contributed by atoms with van der Waals surface area (Å²) in [7, 11) is 0. The molecule has 3 atom stereocenters. The fraction of sp³-hybridized carbons (Fsp3) is 1.00. The van der Waals surface area contributed by atoms with E-state index in [2.05, 4.69) is 34.3 Å². The summed E-state index contributed by atoms with van der Waals surface area (Å²) in [4.78, 5) is 5.36. The highest BCUT2D eigenvalue weighted by Crippen LogP contribution is 2.37. The quantitative estimate of drug-likeness (QED) is 0.695. The molecule has 0 radical (unpaired) electrons. The molecule has 2 aliphatic heterocycles. The summed E-state index contributed by atoms with van der Waals surface area (Å²) in [5.74, 6) is 0.944.